The summed E-state index contributed by atoms with van der Waals surface area (Å²) < 4.78 is 0. The van der Waals surface area contributed by atoms with Crippen LogP contribution in [0.15, 0.2) is 78.9 Å². The van der Waals surface area contributed by atoms with Crippen LogP contribution in [0.25, 0.3) is 0 Å². The molecule has 168 valence electrons. The molecule has 8 heteroatoms. The van der Waals surface area contributed by atoms with Crippen LogP contribution < -0.4 is 10.6 Å². The molecule has 0 fully saturated rings. The van der Waals surface area contributed by atoms with Gasteiger partial charge in [0.15, 0.2) is 0 Å². The van der Waals surface area contributed by atoms with Crippen LogP contribution in [0.3, 0.4) is 0 Å². The Morgan fingerprint density at radius 2 is 1.32 bits per heavy atom. The van der Waals surface area contributed by atoms with Crippen molar-refractivity contribution in [2.24, 2.45) is 0 Å². The maximum absolute atomic E-state index is 13.5. The Balaban J connectivity index is 1.65. The van der Waals surface area contributed by atoms with Gasteiger partial charge in [0.2, 0.25) is 11.8 Å². The molecule has 0 spiro atoms. The lowest BCUT2D eigenvalue weighted by molar-refractivity contribution is -0.120. The number of imide groups is 1. The van der Waals surface area contributed by atoms with Crippen molar-refractivity contribution in [2.75, 3.05) is 10.6 Å². The summed E-state index contributed by atoms with van der Waals surface area (Å²) in [7, 11) is 0. The van der Waals surface area contributed by atoms with Crippen LogP contribution in [-0.2, 0) is 16.0 Å². The van der Waals surface area contributed by atoms with Crippen molar-refractivity contribution in [3.8, 4) is 6.07 Å². The van der Waals surface area contributed by atoms with Gasteiger partial charge in [0.25, 0.3) is 11.8 Å². The summed E-state index contributed by atoms with van der Waals surface area (Å²) >= 11 is 0. The van der Waals surface area contributed by atoms with Gasteiger partial charge in [-0.15, -0.1) is 0 Å². The molecule has 1 aliphatic rings. The van der Waals surface area contributed by atoms with E-state index in [4.69, 9.17) is 5.26 Å². The highest BCUT2D eigenvalue weighted by Crippen LogP contribution is 2.28. The zero-order valence-corrected chi connectivity index (χ0v) is 18.0. The van der Waals surface area contributed by atoms with Gasteiger partial charge < -0.3 is 10.6 Å². The molecule has 2 N–H and O–H groups in total. The molecule has 4 rings (SSSR count). The summed E-state index contributed by atoms with van der Waals surface area (Å²) in [5.74, 6) is -2.18. The van der Waals surface area contributed by atoms with E-state index in [1.165, 1.54) is 0 Å². The van der Waals surface area contributed by atoms with Crippen LogP contribution in [-0.4, -0.2) is 34.6 Å². The number of benzene rings is 3. The summed E-state index contributed by atoms with van der Waals surface area (Å²) in [6.07, 6.45) is -0.227. The summed E-state index contributed by atoms with van der Waals surface area (Å²) in [6.45, 7) is 0. The van der Waals surface area contributed by atoms with E-state index in [9.17, 15) is 19.2 Å². The molecule has 0 aliphatic carbocycles. The van der Waals surface area contributed by atoms with Gasteiger partial charge in [0.1, 0.15) is 12.5 Å². The fourth-order valence-electron chi connectivity index (χ4n) is 3.81. The Bertz CT molecular complexity index is 1280. The van der Waals surface area contributed by atoms with Gasteiger partial charge in [0.05, 0.1) is 28.6 Å². The van der Waals surface area contributed by atoms with Gasteiger partial charge >= 0.3 is 0 Å². The Hall–Kier alpha value is -4.77. The van der Waals surface area contributed by atoms with E-state index in [0.29, 0.717) is 5.69 Å². The number of rotatable bonds is 7. The number of nitriles is 1. The maximum Gasteiger partial charge on any atom is 0.262 e. The molecule has 0 radical (unpaired) electrons. The number of hydrogen-bond donors (Lipinski definition) is 2. The number of carbonyl (C=O) groups excluding carboxylic acids is 4. The lowest BCUT2D eigenvalue weighted by Gasteiger charge is -2.26. The molecule has 0 saturated carbocycles. The molecule has 4 amide bonds. The van der Waals surface area contributed by atoms with Crippen molar-refractivity contribution in [3.63, 3.8) is 0 Å². The van der Waals surface area contributed by atoms with Gasteiger partial charge in [-0.05, 0) is 29.8 Å². The molecule has 3 aromatic rings. The second-order valence-electron chi connectivity index (χ2n) is 7.65. The zero-order chi connectivity index (χ0) is 24.1. The van der Waals surface area contributed by atoms with Crippen molar-refractivity contribution in [2.45, 2.75) is 18.9 Å². The first-order valence-corrected chi connectivity index (χ1v) is 10.6. The Kier molecular flexibility index (Phi) is 6.46. The topological polar surface area (TPSA) is 119 Å². The molecule has 1 atom stereocenters. The average Bonchev–Trinajstić information content (AvgIpc) is 3.09. The number of nitrogens with one attached hydrogen (secondary N) is 2. The highest BCUT2D eigenvalue weighted by molar-refractivity contribution is 6.23. The van der Waals surface area contributed by atoms with Gasteiger partial charge in [-0.25, -0.2) is 0 Å². The molecule has 8 nitrogen and oxygen atoms in total. The van der Waals surface area contributed by atoms with Crippen LogP contribution in [0.1, 0.15) is 32.7 Å². The van der Waals surface area contributed by atoms with Crippen molar-refractivity contribution in [1.82, 2.24) is 4.90 Å². The normalized spacial score (nSPS) is 13.1. The lowest BCUT2D eigenvalue weighted by Crippen LogP contribution is -2.48. The van der Waals surface area contributed by atoms with E-state index in [1.807, 2.05) is 30.3 Å². The smallest absolute Gasteiger partial charge is 0.262 e. The highest BCUT2D eigenvalue weighted by atomic mass is 16.2. The van der Waals surface area contributed by atoms with Crippen molar-refractivity contribution in [3.05, 3.63) is 95.6 Å². The third-order valence-corrected chi connectivity index (χ3v) is 5.41. The largest absolute Gasteiger partial charge is 0.323 e. The average molecular weight is 452 g/mol. The van der Waals surface area contributed by atoms with E-state index in [2.05, 4.69) is 10.6 Å². The van der Waals surface area contributed by atoms with Crippen molar-refractivity contribution >= 4 is 35.0 Å². The minimum absolute atomic E-state index is 0.112. The van der Waals surface area contributed by atoms with Crippen LogP contribution in [0.5, 0.6) is 0 Å². The molecule has 0 aromatic heterocycles. The number of nitrogens with zero attached hydrogens (tertiary/aromatic N) is 2. The molecule has 0 saturated heterocycles. The lowest BCUT2D eigenvalue weighted by atomic mass is 10.0. The van der Waals surface area contributed by atoms with E-state index in [-0.39, 0.29) is 29.7 Å². The van der Waals surface area contributed by atoms with Gasteiger partial charge in [-0.3, -0.25) is 24.1 Å². The second-order valence-corrected chi connectivity index (χ2v) is 7.65. The Morgan fingerprint density at radius 1 is 0.794 bits per heavy atom. The first-order valence-electron chi connectivity index (χ1n) is 10.6. The molecular weight excluding hydrogens is 432 g/mol. The number of fused-ring (bicyclic) bond motifs is 1. The van der Waals surface area contributed by atoms with E-state index in [1.54, 1.807) is 54.6 Å². The fourth-order valence-corrected chi connectivity index (χ4v) is 3.81. The minimum Gasteiger partial charge on any atom is -0.323 e. The monoisotopic (exact) mass is 452 g/mol. The van der Waals surface area contributed by atoms with Crippen molar-refractivity contribution < 1.29 is 19.2 Å². The second kappa shape index (κ2) is 9.79. The Labute approximate surface area is 195 Å². The summed E-state index contributed by atoms with van der Waals surface area (Å²) in [6, 6.07) is 22.7. The van der Waals surface area contributed by atoms with Gasteiger partial charge in [-0.1, -0.05) is 54.6 Å². The van der Waals surface area contributed by atoms with E-state index in [0.717, 1.165) is 10.5 Å². The molecular formula is C26H20N4O4. The molecule has 34 heavy (non-hydrogen) atoms. The minimum atomic E-state index is -1.13. The predicted molar refractivity (Wildman–Crippen MR) is 125 cm³/mol. The third-order valence-electron chi connectivity index (χ3n) is 5.41. The SMILES string of the molecule is N#CCC(=O)Nc1ccccc1NC(=O)C(Cc1ccccc1)N1C(=O)c2ccccc2C1=O. The van der Waals surface area contributed by atoms with Gasteiger partial charge in [-0.2, -0.15) is 5.26 Å². The number of amides is 4. The summed E-state index contributed by atoms with van der Waals surface area (Å²) in [4.78, 5) is 52.6. The standard InChI is InChI=1S/C26H20N4O4/c27-15-14-23(31)28-20-12-6-7-13-21(20)29-24(32)22(16-17-8-2-1-3-9-17)30-25(33)18-10-4-5-11-19(18)26(30)34/h1-13,22H,14,16H2,(H,28,31)(H,29,32). The van der Waals surface area contributed by atoms with Crippen LogP contribution in [0, 0.1) is 11.3 Å². The quantitative estimate of drug-likeness (QED) is 0.533. The molecule has 3 aromatic carbocycles. The number of anilines is 2. The highest BCUT2D eigenvalue weighted by Gasteiger charge is 2.42. The van der Waals surface area contributed by atoms with Gasteiger partial charge in [0, 0.05) is 6.42 Å². The Morgan fingerprint density at radius 3 is 1.91 bits per heavy atom. The van der Waals surface area contributed by atoms with Crippen molar-refractivity contribution in [1.29, 1.82) is 5.26 Å². The summed E-state index contributed by atoms with van der Waals surface area (Å²) in [5, 5.41) is 14.1. The molecule has 1 unspecified atom stereocenters. The number of carbonyl (C=O) groups is 4. The fraction of sp³-hybridized carbons (Fsp3) is 0.115. The van der Waals surface area contributed by atoms with Crippen LogP contribution in [0.2, 0.25) is 0 Å². The number of hydrogen-bond acceptors (Lipinski definition) is 5. The van der Waals surface area contributed by atoms with Crippen LogP contribution >= 0.6 is 0 Å². The maximum atomic E-state index is 13.5. The molecule has 1 heterocycles. The predicted octanol–water partition coefficient (Wildman–Crippen LogP) is 3.38. The first-order chi connectivity index (χ1) is 16.5. The van der Waals surface area contributed by atoms with E-state index >= 15 is 0 Å². The van der Waals surface area contributed by atoms with E-state index < -0.39 is 29.7 Å². The summed E-state index contributed by atoms with van der Waals surface area (Å²) in [5.41, 5.74) is 1.87. The zero-order valence-electron chi connectivity index (χ0n) is 18.0. The van der Waals surface area contributed by atoms with Crippen LogP contribution in [0.4, 0.5) is 11.4 Å². The first kappa shape index (κ1) is 22.4. The molecule has 1 aliphatic heterocycles. The molecule has 0 bridgehead atoms. The number of para-hydroxylation sites is 2. The third kappa shape index (κ3) is 4.54.